The molecule has 3 fully saturated rings. The summed E-state index contributed by atoms with van der Waals surface area (Å²) in [6, 6.07) is 4.24. The number of halogens is 2. The van der Waals surface area contributed by atoms with Gasteiger partial charge in [0.05, 0.1) is 17.4 Å². The number of amides is 3. The third-order valence-electron chi connectivity index (χ3n) is 7.24. The van der Waals surface area contributed by atoms with Crippen LogP contribution < -0.4 is 10.2 Å². The minimum atomic E-state index is -2.49. The molecule has 3 aliphatic rings. The summed E-state index contributed by atoms with van der Waals surface area (Å²) in [7, 11) is 0. The lowest BCUT2D eigenvalue weighted by atomic mass is 9.90. The van der Waals surface area contributed by atoms with Crippen LogP contribution in [-0.2, 0) is 11.3 Å². The van der Waals surface area contributed by atoms with Crippen molar-refractivity contribution in [2.24, 2.45) is 0 Å². The van der Waals surface area contributed by atoms with Gasteiger partial charge in [-0.1, -0.05) is 0 Å². The number of alkyl halides is 2. The fourth-order valence-corrected chi connectivity index (χ4v) is 5.46. The van der Waals surface area contributed by atoms with Crippen LogP contribution in [0.15, 0.2) is 24.5 Å². The second-order valence-corrected chi connectivity index (χ2v) is 9.56. The van der Waals surface area contributed by atoms with Gasteiger partial charge < -0.3 is 0 Å². The highest BCUT2D eigenvalue weighted by Crippen LogP contribution is 2.36. The van der Waals surface area contributed by atoms with E-state index in [4.69, 9.17) is 0 Å². The molecule has 1 aliphatic carbocycles. The Morgan fingerprint density at radius 2 is 1.97 bits per heavy atom. The summed E-state index contributed by atoms with van der Waals surface area (Å²) >= 11 is 0. The van der Waals surface area contributed by atoms with Gasteiger partial charge in [-0.25, -0.2) is 18.1 Å². The lowest BCUT2D eigenvalue weighted by Gasteiger charge is -2.46. The fraction of sp³-hybridized carbons (Fsp3) is 0.609. The van der Waals surface area contributed by atoms with Crippen molar-refractivity contribution in [1.82, 2.24) is 24.7 Å². The molecule has 8 nitrogen and oxygen atoms in total. The number of fused-ring (bicyclic) bond motifs is 1. The van der Waals surface area contributed by atoms with E-state index in [9.17, 15) is 18.4 Å². The van der Waals surface area contributed by atoms with E-state index in [0.717, 1.165) is 37.3 Å². The first-order chi connectivity index (χ1) is 15.8. The molecule has 10 heteroatoms. The summed E-state index contributed by atoms with van der Waals surface area (Å²) < 4.78 is 28.8. The predicted octanol–water partition coefficient (Wildman–Crippen LogP) is 2.86. The number of urea groups is 1. The van der Waals surface area contributed by atoms with Crippen LogP contribution in [-0.4, -0.2) is 75.5 Å². The summed E-state index contributed by atoms with van der Waals surface area (Å²) in [5.41, 5.74) is 2.64. The van der Waals surface area contributed by atoms with Gasteiger partial charge in [0, 0.05) is 70.3 Å². The Morgan fingerprint density at radius 3 is 2.70 bits per heavy atom. The average Bonchev–Trinajstić information content (AvgIpc) is 3.17. The zero-order valence-corrected chi connectivity index (χ0v) is 18.8. The Kier molecular flexibility index (Phi) is 5.82. The standard InChI is InChI=1S/C23H30F2N6O2/c1-16-14-28(10-11-29(16)18-2-6-23(24,25)7-3-18)15-17-4-9-31-19(12-17)20(13-26-31)30-8-5-21(32)27-22(30)33/h4,9,12-13,16,18H,2-3,5-8,10-11,14-15H2,1H3,(H,27,32,33)/t16-/m0/s1. The van der Waals surface area contributed by atoms with Crippen molar-refractivity contribution >= 4 is 23.1 Å². The number of carbonyl (C=O) groups excluding carboxylic acids is 2. The SMILES string of the molecule is C[C@H]1CN(Cc2ccn3ncc(N4CCC(=O)NC4=O)c3c2)CCN1C1CCC(F)(F)CC1. The molecule has 178 valence electrons. The van der Waals surface area contributed by atoms with E-state index in [0.29, 0.717) is 31.1 Å². The molecule has 1 saturated carbocycles. The van der Waals surface area contributed by atoms with Gasteiger partial charge in [0.2, 0.25) is 11.8 Å². The number of pyridine rings is 1. The molecule has 4 heterocycles. The van der Waals surface area contributed by atoms with E-state index in [-0.39, 0.29) is 31.2 Å². The van der Waals surface area contributed by atoms with Crippen molar-refractivity contribution in [2.75, 3.05) is 31.1 Å². The van der Waals surface area contributed by atoms with Crippen LogP contribution in [0.4, 0.5) is 19.3 Å². The highest BCUT2D eigenvalue weighted by molar-refractivity contribution is 6.07. The van der Waals surface area contributed by atoms with Crippen molar-refractivity contribution in [3.63, 3.8) is 0 Å². The topological polar surface area (TPSA) is 73.2 Å². The van der Waals surface area contributed by atoms with Crippen molar-refractivity contribution < 1.29 is 18.4 Å². The number of nitrogens with zero attached hydrogens (tertiary/aromatic N) is 5. The summed E-state index contributed by atoms with van der Waals surface area (Å²) in [6.07, 6.45) is 4.97. The first-order valence-electron chi connectivity index (χ1n) is 11.7. The second-order valence-electron chi connectivity index (χ2n) is 9.56. The first kappa shape index (κ1) is 22.2. The molecule has 1 atom stereocenters. The van der Waals surface area contributed by atoms with Crippen LogP contribution in [0.25, 0.3) is 5.52 Å². The third kappa shape index (κ3) is 4.59. The largest absolute Gasteiger partial charge is 0.328 e. The van der Waals surface area contributed by atoms with E-state index >= 15 is 0 Å². The Balaban J connectivity index is 1.25. The number of aromatic nitrogens is 2. The Morgan fingerprint density at radius 1 is 1.18 bits per heavy atom. The van der Waals surface area contributed by atoms with Crippen LogP contribution in [0.3, 0.4) is 0 Å². The molecule has 5 rings (SSSR count). The van der Waals surface area contributed by atoms with Gasteiger partial charge in [-0.15, -0.1) is 0 Å². The molecule has 0 radical (unpaired) electrons. The lowest BCUT2D eigenvalue weighted by molar-refractivity contribution is -0.120. The van der Waals surface area contributed by atoms with E-state index in [1.54, 1.807) is 15.6 Å². The summed E-state index contributed by atoms with van der Waals surface area (Å²) in [5, 5.41) is 6.72. The maximum absolute atomic E-state index is 13.5. The molecular weight excluding hydrogens is 430 g/mol. The van der Waals surface area contributed by atoms with Gasteiger partial charge in [0.25, 0.3) is 0 Å². The van der Waals surface area contributed by atoms with E-state index in [2.05, 4.69) is 27.1 Å². The highest BCUT2D eigenvalue weighted by atomic mass is 19.3. The van der Waals surface area contributed by atoms with Crippen molar-refractivity contribution in [3.8, 4) is 0 Å². The zero-order chi connectivity index (χ0) is 23.2. The van der Waals surface area contributed by atoms with Crippen molar-refractivity contribution in [2.45, 2.75) is 63.6 Å². The van der Waals surface area contributed by atoms with E-state index in [1.165, 1.54) is 0 Å². The second kappa shape index (κ2) is 8.64. The number of nitrogens with one attached hydrogen (secondary N) is 1. The molecule has 2 aliphatic heterocycles. The number of hydrogen-bond donors (Lipinski definition) is 1. The number of hydrogen-bond acceptors (Lipinski definition) is 5. The van der Waals surface area contributed by atoms with Crippen LogP contribution in [0.2, 0.25) is 0 Å². The first-order valence-corrected chi connectivity index (χ1v) is 11.7. The van der Waals surface area contributed by atoms with Crippen molar-refractivity contribution in [1.29, 1.82) is 0 Å². The third-order valence-corrected chi connectivity index (χ3v) is 7.24. The molecule has 33 heavy (non-hydrogen) atoms. The van der Waals surface area contributed by atoms with Gasteiger partial charge in [0.15, 0.2) is 0 Å². The van der Waals surface area contributed by atoms with Gasteiger partial charge >= 0.3 is 6.03 Å². The van der Waals surface area contributed by atoms with Gasteiger partial charge in [-0.3, -0.25) is 24.8 Å². The average molecular weight is 461 g/mol. The maximum atomic E-state index is 13.5. The number of anilines is 1. The molecule has 1 N–H and O–H groups in total. The van der Waals surface area contributed by atoms with Crippen LogP contribution >= 0.6 is 0 Å². The quantitative estimate of drug-likeness (QED) is 0.760. The van der Waals surface area contributed by atoms with Crippen molar-refractivity contribution in [3.05, 3.63) is 30.1 Å². The smallest absolute Gasteiger partial charge is 0.296 e. The molecule has 0 unspecified atom stereocenters. The van der Waals surface area contributed by atoms with Gasteiger partial charge in [-0.2, -0.15) is 5.10 Å². The number of carbonyl (C=O) groups is 2. The Bertz CT molecular complexity index is 1050. The molecular formula is C23H30F2N6O2. The van der Waals surface area contributed by atoms with Crippen LogP contribution in [0.5, 0.6) is 0 Å². The zero-order valence-electron chi connectivity index (χ0n) is 18.8. The summed E-state index contributed by atoms with van der Waals surface area (Å²) in [6.45, 7) is 5.97. The van der Waals surface area contributed by atoms with Gasteiger partial charge in [0.1, 0.15) is 0 Å². The normalized spacial score (nSPS) is 25.5. The molecule has 2 saturated heterocycles. The van der Waals surface area contributed by atoms with E-state index < -0.39 is 12.0 Å². The maximum Gasteiger partial charge on any atom is 0.328 e. The Labute approximate surface area is 191 Å². The Hall–Kier alpha value is -2.59. The van der Waals surface area contributed by atoms with E-state index in [1.807, 2.05) is 18.3 Å². The molecule has 0 spiro atoms. The number of piperazine rings is 1. The van der Waals surface area contributed by atoms with Gasteiger partial charge in [-0.05, 0) is 37.5 Å². The van der Waals surface area contributed by atoms with Crippen LogP contribution in [0.1, 0.15) is 44.6 Å². The highest BCUT2D eigenvalue weighted by Gasteiger charge is 2.39. The fourth-order valence-electron chi connectivity index (χ4n) is 5.46. The summed E-state index contributed by atoms with van der Waals surface area (Å²) in [4.78, 5) is 30.1. The molecule has 2 aromatic rings. The number of rotatable bonds is 4. The molecule has 3 amide bonds. The number of imide groups is 1. The molecule has 0 aromatic carbocycles. The monoisotopic (exact) mass is 460 g/mol. The minimum absolute atomic E-state index is 0.00149. The lowest BCUT2D eigenvalue weighted by Crippen LogP contribution is -2.56. The minimum Gasteiger partial charge on any atom is -0.296 e. The van der Waals surface area contributed by atoms with Crippen LogP contribution in [0, 0.1) is 0 Å². The summed E-state index contributed by atoms with van der Waals surface area (Å²) in [5.74, 6) is -2.75. The molecule has 2 aromatic heterocycles. The molecule has 0 bridgehead atoms. The predicted molar refractivity (Wildman–Crippen MR) is 119 cm³/mol.